The van der Waals surface area contributed by atoms with E-state index in [1.165, 1.54) is 33.5 Å². The molecular weight excluding hydrogens is 484 g/mol. The quantitative estimate of drug-likeness (QED) is 0.415. The van der Waals surface area contributed by atoms with Crippen molar-refractivity contribution in [3.63, 3.8) is 0 Å². The van der Waals surface area contributed by atoms with Crippen molar-refractivity contribution in [2.75, 3.05) is 27.4 Å². The minimum Gasteiger partial charge on any atom is -0.493 e. The first-order valence-electron chi connectivity index (χ1n) is 12.2. The Kier molecular flexibility index (Phi) is 6.72. The number of carbonyl (C=O) groups excluding carboxylic acids is 4. The van der Waals surface area contributed by atoms with Gasteiger partial charge in [-0.2, -0.15) is 0 Å². The van der Waals surface area contributed by atoms with Gasteiger partial charge in [0.1, 0.15) is 6.54 Å². The van der Waals surface area contributed by atoms with Gasteiger partial charge in [-0.15, -0.1) is 0 Å². The van der Waals surface area contributed by atoms with Gasteiger partial charge >= 0.3 is 5.97 Å². The van der Waals surface area contributed by atoms with Crippen molar-refractivity contribution < 1.29 is 33.4 Å². The lowest BCUT2D eigenvalue weighted by Crippen LogP contribution is -2.60. The molecule has 0 spiro atoms. The van der Waals surface area contributed by atoms with Gasteiger partial charge in [0.05, 0.1) is 19.1 Å². The summed E-state index contributed by atoms with van der Waals surface area (Å²) in [4.78, 5) is 50.0. The van der Waals surface area contributed by atoms with Gasteiger partial charge in [0.25, 0.3) is 17.1 Å². The number of hydrogen-bond donors (Lipinski definition) is 1. The summed E-state index contributed by atoms with van der Waals surface area (Å²) in [6, 6.07) is 5.05. The Balaban J connectivity index is 1.21. The van der Waals surface area contributed by atoms with Gasteiger partial charge < -0.3 is 19.5 Å². The third-order valence-electron chi connectivity index (χ3n) is 7.68. The maximum atomic E-state index is 12.8. The van der Waals surface area contributed by atoms with E-state index < -0.39 is 23.7 Å². The van der Waals surface area contributed by atoms with Gasteiger partial charge in [0, 0.05) is 5.54 Å². The van der Waals surface area contributed by atoms with E-state index in [4.69, 9.17) is 9.47 Å². The molecule has 6 rings (SSSR count). The summed E-state index contributed by atoms with van der Waals surface area (Å²) in [6.45, 7) is -0.538. The monoisotopic (exact) mass is 514 g/mol. The molecule has 1 aliphatic heterocycles. The number of hydrogen-bond acceptors (Lipinski definition) is 8. The lowest BCUT2D eigenvalue weighted by atomic mass is 9.53. The fraction of sp³-hybridized carbons (Fsp3) is 0.538. The second-order valence-electron chi connectivity index (χ2n) is 10.3. The Morgan fingerprint density at radius 1 is 1.08 bits per heavy atom. The first-order chi connectivity index (χ1) is 17.3. The number of ether oxygens (including phenoxy) is 3. The molecule has 0 unspecified atom stereocenters. The number of carbonyl (C=O) groups is 4. The molecule has 0 radical (unpaired) electrons. The van der Waals surface area contributed by atoms with Crippen LogP contribution in [0.3, 0.4) is 0 Å². The fourth-order valence-corrected chi connectivity index (χ4v) is 7.45. The van der Waals surface area contributed by atoms with Crippen molar-refractivity contribution in [1.82, 2.24) is 10.2 Å². The Hall–Kier alpha value is -3.01. The highest BCUT2D eigenvalue weighted by molar-refractivity contribution is 8.18. The summed E-state index contributed by atoms with van der Waals surface area (Å²) < 4.78 is 15.8. The van der Waals surface area contributed by atoms with Crippen molar-refractivity contribution in [2.45, 2.75) is 44.1 Å². The van der Waals surface area contributed by atoms with Crippen molar-refractivity contribution in [3.05, 3.63) is 28.7 Å². The number of methoxy groups -OCH3 is 2. The van der Waals surface area contributed by atoms with Crippen LogP contribution in [-0.4, -0.2) is 60.8 Å². The number of amides is 3. The minimum absolute atomic E-state index is 0.0695. The number of thioether (sulfide) groups is 1. The number of esters is 1. The number of rotatable bonds is 8. The summed E-state index contributed by atoms with van der Waals surface area (Å²) in [5, 5.41) is 2.76. The van der Waals surface area contributed by atoms with Crippen molar-refractivity contribution in [1.29, 1.82) is 0 Å². The van der Waals surface area contributed by atoms with Gasteiger partial charge in [-0.05, 0) is 91.8 Å². The highest BCUT2D eigenvalue weighted by atomic mass is 32.2. The first-order valence-corrected chi connectivity index (χ1v) is 13.0. The Labute approximate surface area is 213 Å². The SMILES string of the molecule is COC(=O)CN1C(=O)S/C(=C\c2ccc(OCC(=O)NC34CC5CC(CC(C5)C3)C4)c(OC)c2)C1=O. The molecule has 9 nitrogen and oxygen atoms in total. The molecule has 10 heteroatoms. The minimum atomic E-state index is -0.672. The zero-order valence-corrected chi connectivity index (χ0v) is 21.2. The molecule has 0 aromatic heterocycles. The van der Waals surface area contributed by atoms with Crippen molar-refractivity contribution in [3.8, 4) is 11.5 Å². The topological polar surface area (TPSA) is 111 Å². The predicted molar refractivity (Wildman–Crippen MR) is 132 cm³/mol. The highest BCUT2D eigenvalue weighted by Crippen LogP contribution is 2.55. The van der Waals surface area contributed by atoms with E-state index in [-0.39, 0.29) is 23.0 Å². The summed E-state index contributed by atoms with van der Waals surface area (Å²) in [6.07, 6.45) is 8.72. The number of benzene rings is 1. The molecule has 3 amide bonds. The lowest BCUT2D eigenvalue weighted by molar-refractivity contribution is -0.143. The van der Waals surface area contributed by atoms with Crippen LogP contribution in [0, 0.1) is 17.8 Å². The van der Waals surface area contributed by atoms with E-state index in [9.17, 15) is 19.2 Å². The zero-order valence-electron chi connectivity index (χ0n) is 20.4. The normalized spacial score (nSPS) is 29.6. The van der Waals surface area contributed by atoms with E-state index in [0.717, 1.165) is 53.7 Å². The Bertz CT molecular complexity index is 1100. The number of nitrogens with one attached hydrogen (secondary N) is 1. The number of imide groups is 1. The molecule has 1 heterocycles. The number of nitrogens with zero attached hydrogens (tertiary/aromatic N) is 1. The third kappa shape index (κ3) is 4.96. The van der Waals surface area contributed by atoms with Crippen LogP contribution < -0.4 is 14.8 Å². The molecular formula is C26H30N2O7S. The van der Waals surface area contributed by atoms with Crippen molar-refractivity contribution >= 4 is 40.9 Å². The Morgan fingerprint density at radius 3 is 2.36 bits per heavy atom. The van der Waals surface area contributed by atoms with E-state index >= 15 is 0 Å². The van der Waals surface area contributed by atoms with Crippen molar-refractivity contribution in [2.24, 2.45) is 17.8 Å². The van der Waals surface area contributed by atoms with Crippen LogP contribution in [-0.2, 0) is 19.1 Å². The predicted octanol–water partition coefficient (Wildman–Crippen LogP) is 3.37. The molecule has 5 fully saturated rings. The molecule has 4 bridgehead atoms. The summed E-state index contributed by atoms with van der Waals surface area (Å²) in [5.74, 6) is 1.69. The second-order valence-corrected chi connectivity index (χ2v) is 11.3. The van der Waals surface area contributed by atoms with Crippen LogP contribution in [0.25, 0.3) is 6.08 Å². The van der Waals surface area contributed by atoms with E-state index in [1.54, 1.807) is 24.3 Å². The fourth-order valence-electron chi connectivity index (χ4n) is 6.61. The van der Waals surface area contributed by atoms with Gasteiger partial charge in [-0.3, -0.25) is 24.1 Å². The maximum Gasteiger partial charge on any atom is 0.325 e. The van der Waals surface area contributed by atoms with E-state index in [2.05, 4.69) is 10.1 Å². The molecule has 1 aromatic carbocycles. The molecule has 4 aliphatic carbocycles. The average Bonchev–Trinajstić information content (AvgIpc) is 3.09. The van der Waals surface area contributed by atoms with Gasteiger partial charge in [0.2, 0.25) is 0 Å². The summed E-state index contributed by atoms with van der Waals surface area (Å²) in [5.41, 5.74) is 0.542. The van der Waals surface area contributed by atoms with Crippen LogP contribution in [0.4, 0.5) is 4.79 Å². The second kappa shape index (κ2) is 9.80. The van der Waals surface area contributed by atoms with E-state index in [0.29, 0.717) is 17.1 Å². The summed E-state index contributed by atoms with van der Waals surface area (Å²) >= 11 is 0.753. The molecule has 1 aromatic rings. The Morgan fingerprint density at radius 2 is 1.75 bits per heavy atom. The van der Waals surface area contributed by atoms with Crippen LogP contribution in [0.15, 0.2) is 23.1 Å². The molecule has 0 atom stereocenters. The van der Waals surface area contributed by atoms with Crippen LogP contribution in [0.2, 0.25) is 0 Å². The van der Waals surface area contributed by atoms with Gasteiger partial charge in [0.15, 0.2) is 18.1 Å². The highest BCUT2D eigenvalue weighted by Gasteiger charge is 2.51. The zero-order chi connectivity index (χ0) is 25.4. The van der Waals surface area contributed by atoms with Crippen LogP contribution in [0.1, 0.15) is 44.1 Å². The molecule has 36 heavy (non-hydrogen) atoms. The van der Waals surface area contributed by atoms with E-state index in [1.807, 2.05) is 0 Å². The molecule has 1 saturated heterocycles. The average molecular weight is 515 g/mol. The van der Waals surface area contributed by atoms with Crippen LogP contribution in [0.5, 0.6) is 11.5 Å². The standard InChI is InChI=1S/C26H30N2O7S/c1-33-20-8-15(9-21-24(31)28(25(32)36-21)13-23(30)34-2)3-4-19(20)35-14-22(29)27-26-10-16-5-17(11-26)7-18(6-16)12-26/h3-4,8-9,16-18H,5-7,10-14H2,1-2H3,(H,27,29)/b21-9-. The summed E-state index contributed by atoms with van der Waals surface area (Å²) in [7, 11) is 2.69. The van der Waals surface area contributed by atoms with Gasteiger partial charge in [-0.25, -0.2) is 0 Å². The third-order valence-corrected chi connectivity index (χ3v) is 8.58. The maximum absolute atomic E-state index is 12.8. The van der Waals surface area contributed by atoms with Crippen LogP contribution >= 0.6 is 11.8 Å². The lowest BCUT2D eigenvalue weighted by Gasteiger charge is -2.56. The molecule has 5 aliphatic rings. The molecule has 1 N–H and O–H groups in total. The molecule has 192 valence electrons. The first kappa shape index (κ1) is 24.7. The van der Waals surface area contributed by atoms with Gasteiger partial charge in [-0.1, -0.05) is 6.07 Å². The molecule has 4 saturated carbocycles. The largest absolute Gasteiger partial charge is 0.493 e. The smallest absolute Gasteiger partial charge is 0.325 e.